The first-order valence-electron chi connectivity index (χ1n) is 14.2. The number of anilines is 1. The van der Waals surface area contributed by atoms with Gasteiger partial charge in [0.2, 0.25) is 0 Å². The van der Waals surface area contributed by atoms with Crippen LogP contribution in [-0.2, 0) is 16.1 Å². The number of amides is 1. The molecule has 0 bridgehead atoms. The molecule has 1 amide bonds. The molecular formula is C35H33NO6. The Hall–Kier alpha value is -4.78. The van der Waals surface area contributed by atoms with Gasteiger partial charge in [-0.3, -0.25) is 9.59 Å². The van der Waals surface area contributed by atoms with Crippen LogP contribution in [-0.4, -0.2) is 30.8 Å². The highest BCUT2D eigenvalue weighted by molar-refractivity contribution is 6.09. The molecule has 0 saturated heterocycles. The molecule has 3 atom stereocenters. The topological polar surface area (TPSA) is 74.3 Å². The summed E-state index contributed by atoms with van der Waals surface area (Å²) in [6, 6.07) is 28.4. The molecule has 6 rings (SSSR count). The number of ether oxygens (including phenoxy) is 4. The molecule has 0 radical (unpaired) electrons. The smallest absolute Gasteiger partial charge is 0.306 e. The number of aryl methyl sites for hydroxylation is 2. The monoisotopic (exact) mass is 563 g/mol. The van der Waals surface area contributed by atoms with Gasteiger partial charge in [0.1, 0.15) is 12.4 Å². The van der Waals surface area contributed by atoms with E-state index in [1.54, 1.807) is 17.0 Å². The quantitative estimate of drug-likeness (QED) is 0.221. The fraction of sp³-hybridized carbons (Fsp3) is 0.257. The molecule has 4 aromatic rings. The zero-order valence-corrected chi connectivity index (χ0v) is 23.9. The lowest BCUT2D eigenvalue weighted by atomic mass is 9.92. The van der Waals surface area contributed by atoms with Crippen LogP contribution in [0.15, 0.2) is 91.0 Å². The van der Waals surface area contributed by atoms with Gasteiger partial charge in [-0.15, -0.1) is 0 Å². The van der Waals surface area contributed by atoms with Crippen LogP contribution in [0.2, 0.25) is 0 Å². The van der Waals surface area contributed by atoms with Gasteiger partial charge in [0.15, 0.2) is 18.1 Å². The Morgan fingerprint density at radius 2 is 1.64 bits per heavy atom. The molecule has 0 aromatic heterocycles. The van der Waals surface area contributed by atoms with Crippen molar-refractivity contribution in [2.24, 2.45) is 0 Å². The summed E-state index contributed by atoms with van der Waals surface area (Å²) in [6.45, 7) is 6.29. The SMILES string of the molecule is Cc1cc(OCC2Oc3cccc(C)c3O2)ccc1C(=O)N1c2ccccc2C(CC(=O)OCc2ccccc2)C1C. The van der Waals surface area contributed by atoms with Gasteiger partial charge >= 0.3 is 5.97 Å². The second kappa shape index (κ2) is 11.6. The molecule has 0 fully saturated rings. The first-order chi connectivity index (χ1) is 20.4. The lowest BCUT2D eigenvalue weighted by Gasteiger charge is -2.26. The molecule has 0 saturated carbocycles. The molecule has 3 unspecified atom stereocenters. The second-order valence-corrected chi connectivity index (χ2v) is 10.8. The summed E-state index contributed by atoms with van der Waals surface area (Å²) in [5.74, 6) is 1.50. The van der Waals surface area contributed by atoms with Crippen molar-refractivity contribution in [3.05, 3.63) is 119 Å². The number of esters is 1. The van der Waals surface area contributed by atoms with Crippen molar-refractivity contribution in [3.8, 4) is 17.2 Å². The highest BCUT2D eigenvalue weighted by Crippen LogP contribution is 2.44. The summed E-state index contributed by atoms with van der Waals surface area (Å²) in [6.07, 6.45) is -0.351. The number of nitrogens with zero attached hydrogens (tertiary/aromatic N) is 1. The van der Waals surface area contributed by atoms with Crippen molar-refractivity contribution in [2.45, 2.75) is 52.0 Å². The van der Waals surface area contributed by atoms with Gasteiger partial charge in [-0.1, -0.05) is 60.7 Å². The second-order valence-electron chi connectivity index (χ2n) is 10.8. The summed E-state index contributed by atoms with van der Waals surface area (Å²) in [7, 11) is 0. The van der Waals surface area contributed by atoms with Crippen LogP contribution in [0.1, 0.15) is 51.9 Å². The van der Waals surface area contributed by atoms with E-state index in [0.717, 1.165) is 33.7 Å². The summed E-state index contributed by atoms with van der Waals surface area (Å²) >= 11 is 0. The van der Waals surface area contributed by atoms with E-state index in [2.05, 4.69) is 0 Å². The Morgan fingerprint density at radius 1 is 0.857 bits per heavy atom. The summed E-state index contributed by atoms with van der Waals surface area (Å²) < 4.78 is 23.3. The van der Waals surface area contributed by atoms with Crippen LogP contribution < -0.4 is 19.1 Å². The number of fused-ring (bicyclic) bond motifs is 2. The molecule has 42 heavy (non-hydrogen) atoms. The lowest BCUT2D eigenvalue weighted by molar-refractivity contribution is -0.145. The molecular weight excluding hydrogens is 530 g/mol. The molecule has 0 N–H and O–H groups in total. The Bertz CT molecular complexity index is 1620. The van der Waals surface area contributed by atoms with E-state index in [1.807, 2.05) is 99.6 Å². The van der Waals surface area contributed by atoms with Crippen LogP contribution in [0.3, 0.4) is 0 Å². The van der Waals surface area contributed by atoms with Crippen LogP contribution in [0.5, 0.6) is 17.2 Å². The molecule has 7 heteroatoms. The molecule has 2 aliphatic rings. The number of rotatable bonds is 8. The fourth-order valence-corrected chi connectivity index (χ4v) is 5.73. The fourth-order valence-electron chi connectivity index (χ4n) is 5.73. The zero-order chi connectivity index (χ0) is 29.2. The Morgan fingerprint density at radius 3 is 2.43 bits per heavy atom. The first kappa shape index (κ1) is 27.4. The predicted molar refractivity (Wildman–Crippen MR) is 159 cm³/mol. The average Bonchev–Trinajstić information content (AvgIpc) is 3.54. The molecule has 0 aliphatic carbocycles. The Balaban J connectivity index is 1.12. The minimum Gasteiger partial charge on any atom is -0.486 e. The van der Waals surface area contributed by atoms with Crippen molar-refractivity contribution in [1.29, 1.82) is 0 Å². The number of hydrogen-bond acceptors (Lipinski definition) is 6. The highest BCUT2D eigenvalue weighted by Gasteiger charge is 2.40. The van der Waals surface area contributed by atoms with Gasteiger partial charge in [-0.25, -0.2) is 0 Å². The number of benzene rings is 4. The zero-order valence-electron chi connectivity index (χ0n) is 23.9. The molecule has 7 nitrogen and oxygen atoms in total. The largest absolute Gasteiger partial charge is 0.486 e. The van der Waals surface area contributed by atoms with Gasteiger partial charge in [0.25, 0.3) is 12.2 Å². The third-order valence-electron chi connectivity index (χ3n) is 7.93. The van der Waals surface area contributed by atoms with E-state index in [4.69, 9.17) is 18.9 Å². The van der Waals surface area contributed by atoms with E-state index < -0.39 is 6.29 Å². The van der Waals surface area contributed by atoms with Crippen LogP contribution in [0.25, 0.3) is 0 Å². The van der Waals surface area contributed by atoms with Gasteiger partial charge in [0, 0.05) is 23.2 Å². The van der Waals surface area contributed by atoms with Crippen molar-refractivity contribution in [1.82, 2.24) is 0 Å². The third kappa shape index (κ3) is 5.42. The number of carbonyl (C=O) groups excluding carboxylic acids is 2. The molecule has 0 spiro atoms. The van der Waals surface area contributed by atoms with Gasteiger partial charge < -0.3 is 23.8 Å². The van der Waals surface area contributed by atoms with Crippen LogP contribution >= 0.6 is 0 Å². The van der Waals surface area contributed by atoms with Crippen molar-refractivity contribution >= 4 is 17.6 Å². The van der Waals surface area contributed by atoms with Gasteiger partial charge in [0.05, 0.1) is 6.42 Å². The predicted octanol–water partition coefficient (Wildman–Crippen LogP) is 6.75. The van der Waals surface area contributed by atoms with E-state index in [0.29, 0.717) is 17.1 Å². The van der Waals surface area contributed by atoms with E-state index in [9.17, 15) is 9.59 Å². The van der Waals surface area contributed by atoms with Gasteiger partial charge in [-0.05, 0) is 73.4 Å². The summed E-state index contributed by atoms with van der Waals surface area (Å²) in [5, 5.41) is 0. The minimum atomic E-state index is -0.541. The minimum absolute atomic E-state index is 0.118. The normalized spacial score (nSPS) is 18.5. The number of carbonyl (C=O) groups is 2. The van der Waals surface area contributed by atoms with E-state index in [-0.39, 0.29) is 43.5 Å². The first-order valence-corrected chi connectivity index (χ1v) is 14.2. The van der Waals surface area contributed by atoms with Crippen LogP contribution in [0, 0.1) is 13.8 Å². The maximum atomic E-state index is 13.9. The van der Waals surface area contributed by atoms with Crippen LogP contribution in [0.4, 0.5) is 5.69 Å². The maximum absolute atomic E-state index is 13.9. The lowest BCUT2D eigenvalue weighted by Crippen LogP contribution is -2.38. The number of para-hydroxylation sites is 2. The summed E-state index contributed by atoms with van der Waals surface area (Å²) in [4.78, 5) is 28.6. The van der Waals surface area contributed by atoms with Gasteiger partial charge in [-0.2, -0.15) is 0 Å². The third-order valence-corrected chi connectivity index (χ3v) is 7.93. The molecule has 214 valence electrons. The molecule has 4 aromatic carbocycles. The van der Waals surface area contributed by atoms with E-state index >= 15 is 0 Å². The highest BCUT2D eigenvalue weighted by atomic mass is 16.7. The van der Waals surface area contributed by atoms with Crippen molar-refractivity contribution in [3.63, 3.8) is 0 Å². The average molecular weight is 564 g/mol. The number of hydrogen-bond donors (Lipinski definition) is 0. The summed E-state index contributed by atoms with van der Waals surface area (Å²) in [5.41, 5.74) is 5.11. The molecule has 2 heterocycles. The standard InChI is InChI=1S/C35H33NO6/c1-22-10-9-15-31-34(22)42-33(41-31)21-39-26-16-17-27(23(2)18-26)35(38)36-24(3)29(28-13-7-8-14-30(28)36)19-32(37)40-20-25-11-5-4-6-12-25/h4-18,24,29,33H,19-21H2,1-3H3. The van der Waals surface area contributed by atoms with Crippen molar-refractivity contribution in [2.75, 3.05) is 11.5 Å². The van der Waals surface area contributed by atoms with E-state index in [1.165, 1.54) is 0 Å². The Labute approximate surface area is 245 Å². The molecule has 2 aliphatic heterocycles. The van der Waals surface area contributed by atoms with Crippen molar-refractivity contribution < 1.29 is 28.5 Å². The Kier molecular flexibility index (Phi) is 7.57. The maximum Gasteiger partial charge on any atom is 0.306 e.